The molecule has 0 spiro atoms. The van der Waals surface area contributed by atoms with Crippen LogP contribution in [0.15, 0.2) is 72.0 Å². The minimum atomic E-state index is -3.84. The maximum Gasteiger partial charge on any atom is 0.408 e. The van der Waals surface area contributed by atoms with Gasteiger partial charge in [-0.05, 0) is 81.5 Å². The van der Waals surface area contributed by atoms with Gasteiger partial charge in [-0.3, -0.25) is 4.79 Å². The van der Waals surface area contributed by atoms with Gasteiger partial charge < -0.3 is 15.4 Å². The van der Waals surface area contributed by atoms with Gasteiger partial charge in [0.25, 0.3) is 10.0 Å². The maximum atomic E-state index is 13.3. The first-order chi connectivity index (χ1) is 19.3. The fourth-order valence-corrected chi connectivity index (χ4v) is 5.74. The second-order valence-electron chi connectivity index (χ2n) is 11.2. The summed E-state index contributed by atoms with van der Waals surface area (Å²) in [6.45, 7) is 11.1. The summed E-state index contributed by atoms with van der Waals surface area (Å²) in [5, 5.41) is 6.11. The van der Waals surface area contributed by atoms with Gasteiger partial charge in [-0.2, -0.15) is 0 Å². The van der Waals surface area contributed by atoms with E-state index in [0.717, 1.165) is 16.7 Å². The highest BCUT2D eigenvalue weighted by Gasteiger charge is 2.26. The van der Waals surface area contributed by atoms with Gasteiger partial charge in [-0.25, -0.2) is 27.2 Å². The van der Waals surface area contributed by atoms with E-state index in [1.807, 2.05) is 20.8 Å². The zero-order chi connectivity index (χ0) is 29.9. The number of amides is 2. The Hall–Kier alpha value is -4.25. The van der Waals surface area contributed by atoms with Crippen LogP contribution in [-0.4, -0.2) is 46.0 Å². The predicted molar refractivity (Wildman–Crippen MR) is 158 cm³/mol. The van der Waals surface area contributed by atoms with Crippen LogP contribution in [0.4, 0.5) is 10.6 Å². The molecule has 0 unspecified atom stereocenters. The second-order valence-corrected chi connectivity index (χ2v) is 13.0. The lowest BCUT2D eigenvalue weighted by Gasteiger charge is -2.24. The molecule has 0 saturated carbocycles. The van der Waals surface area contributed by atoms with Crippen molar-refractivity contribution in [2.75, 3.05) is 5.32 Å². The van der Waals surface area contributed by atoms with Crippen molar-refractivity contribution in [3.63, 3.8) is 0 Å². The van der Waals surface area contributed by atoms with Gasteiger partial charge in [0.15, 0.2) is 5.65 Å². The molecule has 216 valence electrons. The number of nitrogens with zero attached hydrogens (tertiary/aromatic N) is 3. The molecule has 10 nitrogen and oxygen atoms in total. The van der Waals surface area contributed by atoms with E-state index in [1.54, 1.807) is 81.7 Å². The Bertz CT molecular complexity index is 1670. The summed E-state index contributed by atoms with van der Waals surface area (Å²) in [5.41, 5.74) is 1.93. The smallest absolute Gasteiger partial charge is 0.408 e. The highest BCUT2D eigenvalue weighted by Crippen LogP contribution is 2.32. The molecule has 0 aliphatic rings. The quantitative estimate of drug-likeness (QED) is 0.282. The number of carbonyl (C=O) groups excluding carboxylic acids is 2. The lowest BCUT2D eigenvalue weighted by Crippen LogP contribution is -2.46. The fraction of sp³-hybridized carbons (Fsp3) is 0.333. The molecular weight excluding hydrogens is 542 g/mol. The van der Waals surface area contributed by atoms with Crippen LogP contribution in [0.25, 0.3) is 22.2 Å². The van der Waals surface area contributed by atoms with Crippen LogP contribution in [0, 0.1) is 12.8 Å². The minimum absolute atomic E-state index is 0.143. The number of hydrogen-bond donors (Lipinski definition) is 2. The van der Waals surface area contributed by atoms with Crippen LogP contribution in [0.2, 0.25) is 0 Å². The summed E-state index contributed by atoms with van der Waals surface area (Å²) in [6.07, 6.45) is 4.43. The number of benzene rings is 1. The standard InChI is InChI=1S/C30H35N5O5S/c1-19(2)16-25(33-29(37)40-30(4,5)6)28(36)34-26-17-20(3)24(18-32-26)22-12-14-31-27-23(22)13-15-35(27)41(38,39)21-10-8-7-9-11-21/h7-15,17-19,25H,16H2,1-6H3,(H,33,37)(H,32,34,36)/t25-/m1/s1. The number of rotatable bonds is 8. The molecule has 41 heavy (non-hydrogen) atoms. The molecule has 2 amide bonds. The van der Waals surface area contributed by atoms with Crippen molar-refractivity contribution in [2.45, 2.75) is 64.5 Å². The summed E-state index contributed by atoms with van der Waals surface area (Å²) in [4.78, 5) is 34.4. The van der Waals surface area contributed by atoms with E-state index < -0.39 is 33.7 Å². The van der Waals surface area contributed by atoms with E-state index in [9.17, 15) is 18.0 Å². The van der Waals surface area contributed by atoms with Crippen molar-refractivity contribution in [2.24, 2.45) is 5.92 Å². The summed E-state index contributed by atoms with van der Waals surface area (Å²) in [5.74, 6) is 0.0640. The molecule has 1 aromatic carbocycles. The van der Waals surface area contributed by atoms with E-state index >= 15 is 0 Å². The number of carbonyl (C=O) groups is 2. The van der Waals surface area contributed by atoms with Gasteiger partial charge in [-0.1, -0.05) is 32.0 Å². The molecular formula is C30H35N5O5S. The average Bonchev–Trinajstić information content (AvgIpc) is 3.33. The highest BCUT2D eigenvalue weighted by molar-refractivity contribution is 7.90. The van der Waals surface area contributed by atoms with E-state index in [4.69, 9.17) is 4.74 Å². The fourth-order valence-electron chi connectivity index (χ4n) is 4.42. The highest BCUT2D eigenvalue weighted by atomic mass is 32.2. The normalized spacial score (nSPS) is 12.8. The molecule has 3 aromatic heterocycles. The number of pyridine rings is 2. The Morgan fingerprint density at radius 1 is 1.02 bits per heavy atom. The molecule has 2 N–H and O–H groups in total. The van der Waals surface area contributed by atoms with Crippen molar-refractivity contribution in [1.82, 2.24) is 19.3 Å². The van der Waals surface area contributed by atoms with E-state index in [0.29, 0.717) is 23.3 Å². The first-order valence-electron chi connectivity index (χ1n) is 13.3. The lowest BCUT2D eigenvalue weighted by molar-refractivity contribution is -0.118. The number of nitrogens with one attached hydrogen (secondary N) is 2. The van der Waals surface area contributed by atoms with Gasteiger partial charge in [0, 0.05) is 29.5 Å². The van der Waals surface area contributed by atoms with Crippen molar-refractivity contribution < 1.29 is 22.7 Å². The molecule has 0 fully saturated rings. The third kappa shape index (κ3) is 6.91. The predicted octanol–water partition coefficient (Wildman–Crippen LogP) is 5.52. The van der Waals surface area contributed by atoms with Gasteiger partial charge >= 0.3 is 6.09 Å². The van der Waals surface area contributed by atoms with Crippen LogP contribution >= 0.6 is 0 Å². The van der Waals surface area contributed by atoms with Gasteiger partial charge in [0.05, 0.1) is 4.90 Å². The SMILES string of the molecule is Cc1cc(NC(=O)[C@@H](CC(C)C)NC(=O)OC(C)(C)C)ncc1-c1ccnc2c1ccn2S(=O)(=O)c1ccccc1. The van der Waals surface area contributed by atoms with E-state index in [2.05, 4.69) is 20.6 Å². The Labute approximate surface area is 240 Å². The van der Waals surface area contributed by atoms with Crippen LogP contribution < -0.4 is 10.6 Å². The number of aryl methyl sites for hydroxylation is 1. The number of anilines is 1. The largest absolute Gasteiger partial charge is 0.444 e. The summed E-state index contributed by atoms with van der Waals surface area (Å²) >= 11 is 0. The Morgan fingerprint density at radius 2 is 1.73 bits per heavy atom. The van der Waals surface area contributed by atoms with Crippen LogP contribution in [0.5, 0.6) is 0 Å². The van der Waals surface area contributed by atoms with Crippen LogP contribution in [0.3, 0.4) is 0 Å². The number of aromatic nitrogens is 3. The Kier molecular flexibility index (Phi) is 8.48. The number of fused-ring (bicyclic) bond motifs is 1. The molecule has 0 bridgehead atoms. The summed E-state index contributed by atoms with van der Waals surface area (Å²) in [6, 6.07) is 12.6. The molecule has 0 aliphatic heterocycles. The zero-order valence-corrected chi connectivity index (χ0v) is 24.8. The molecule has 0 aliphatic carbocycles. The minimum Gasteiger partial charge on any atom is -0.444 e. The van der Waals surface area contributed by atoms with Crippen LogP contribution in [0.1, 0.15) is 46.6 Å². The molecule has 1 atom stereocenters. The lowest BCUT2D eigenvalue weighted by atomic mass is 10.0. The molecule has 0 saturated heterocycles. The maximum absolute atomic E-state index is 13.3. The monoisotopic (exact) mass is 577 g/mol. The van der Waals surface area contributed by atoms with Crippen LogP contribution in [-0.2, 0) is 19.6 Å². The van der Waals surface area contributed by atoms with Crippen molar-refractivity contribution in [3.8, 4) is 11.1 Å². The van der Waals surface area contributed by atoms with Gasteiger partial charge in [-0.15, -0.1) is 0 Å². The molecule has 4 rings (SSSR count). The number of ether oxygens (including phenoxy) is 1. The van der Waals surface area contributed by atoms with Crippen molar-refractivity contribution in [3.05, 3.63) is 72.7 Å². The number of hydrogen-bond acceptors (Lipinski definition) is 7. The molecule has 11 heteroatoms. The first kappa shape index (κ1) is 29.7. The van der Waals surface area contributed by atoms with Gasteiger partial charge in [0.1, 0.15) is 17.5 Å². The zero-order valence-electron chi connectivity index (χ0n) is 24.0. The summed E-state index contributed by atoms with van der Waals surface area (Å²) in [7, 11) is -3.84. The van der Waals surface area contributed by atoms with Gasteiger partial charge in [0.2, 0.25) is 5.91 Å². The second kappa shape index (κ2) is 11.7. The average molecular weight is 578 g/mol. The Morgan fingerprint density at radius 3 is 2.37 bits per heavy atom. The Balaban J connectivity index is 1.60. The molecule has 3 heterocycles. The third-order valence-electron chi connectivity index (χ3n) is 6.22. The molecule has 4 aromatic rings. The van der Waals surface area contributed by atoms with Crippen molar-refractivity contribution in [1.29, 1.82) is 0 Å². The molecule has 0 radical (unpaired) electrons. The number of alkyl carbamates (subject to hydrolysis) is 1. The van der Waals surface area contributed by atoms with E-state index in [-0.39, 0.29) is 10.8 Å². The topological polar surface area (TPSA) is 132 Å². The first-order valence-corrected chi connectivity index (χ1v) is 14.7. The van der Waals surface area contributed by atoms with E-state index in [1.165, 1.54) is 10.2 Å². The van der Waals surface area contributed by atoms with Crippen molar-refractivity contribution >= 4 is 38.9 Å². The summed E-state index contributed by atoms with van der Waals surface area (Å²) < 4.78 is 33.0. The third-order valence-corrected chi connectivity index (χ3v) is 7.90.